The molecule has 100 valence electrons. The second kappa shape index (κ2) is 7.17. The van der Waals surface area contributed by atoms with Gasteiger partial charge in [-0.3, -0.25) is 9.69 Å². The number of likely N-dealkylation sites (N-methyl/N-ethyl adjacent to an activating group) is 1. The minimum Gasteiger partial charge on any atom is -0.325 e. The van der Waals surface area contributed by atoms with E-state index in [-0.39, 0.29) is 5.91 Å². The van der Waals surface area contributed by atoms with Crippen molar-refractivity contribution in [2.75, 3.05) is 25.0 Å². The number of nitrogens with one attached hydrogen (secondary N) is 1. The van der Waals surface area contributed by atoms with Crippen LogP contribution in [0.3, 0.4) is 0 Å². The van der Waals surface area contributed by atoms with Crippen molar-refractivity contribution in [3.8, 4) is 0 Å². The lowest BCUT2D eigenvalue weighted by atomic mass is 10.0. The molecule has 0 aliphatic rings. The molecule has 1 aromatic carbocycles. The molecule has 0 heterocycles. The first-order chi connectivity index (χ1) is 8.58. The van der Waals surface area contributed by atoms with Gasteiger partial charge in [0.05, 0.1) is 6.54 Å². The fourth-order valence-electron chi connectivity index (χ4n) is 1.95. The Bertz CT molecular complexity index is 384. The number of carbonyl (C=O) groups is 1. The first-order valence-corrected chi connectivity index (χ1v) is 6.69. The van der Waals surface area contributed by atoms with Crippen LogP contribution >= 0.6 is 0 Å². The molecule has 0 saturated heterocycles. The van der Waals surface area contributed by atoms with E-state index in [1.165, 1.54) is 5.56 Å². The number of nitrogens with zero attached hydrogens (tertiary/aromatic N) is 1. The van der Waals surface area contributed by atoms with Crippen LogP contribution in [0, 0.1) is 0 Å². The van der Waals surface area contributed by atoms with Crippen LogP contribution in [0.15, 0.2) is 24.3 Å². The van der Waals surface area contributed by atoms with Gasteiger partial charge in [0.15, 0.2) is 0 Å². The molecular weight excluding hydrogens is 224 g/mol. The molecule has 1 rings (SSSR count). The zero-order chi connectivity index (χ0) is 13.5. The van der Waals surface area contributed by atoms with Gasteiger partial charge < -0.3 is 5.32 Å². The molecule has 1 aromatic rings. The Hall–Kier alpha value is -1.35. The number of benzene rings is 1. The summed E-state index contributed by atoms with van der Waals surface area (Å²) in [7, 11) is 0. The van der Waals surface area contributed by atoms with Gasteiger partial charge in [-0.1, -0.05) is 45.9 Å². The molecule has 0 fully saturated rings. The summed E-state index contributed by atoms with van der Waals surface area (Å²) in [5.74, 6) is 0.474. The number of hydrogen-bond donors (Lipinski definition) is 1. The molecule has 0 aromatic heterocycles. The molecule has 0 aliphatic carbocycles. The van der Waals surface area contributed by atoms with Crippen LogP contribution in [-0.4, -0.2) is 30.4 Å². The number of hydrogen-bond acceptors (Lipinski definition) is 2. The Balaban J connectivity index is 2.70. The number of rotatable bonds is 6. The van der Waals surface area contributed by atoms with Crippen molar-refractivity contribution in [3.05, 3.63) is 29.8 Å². The molecule has 18 heavy (non-hydrogen) atoms. The molecule has 0 bridgehead atoms. The molecule has 0 aliphatic heterocycles. The quantitative estimate of drug-likeness (QED) is 0.839. The predicted octanol–water partition coefficient (Wildman–Crippen LogP) is 3.09. The molecule has 3 nitrogen and oxygen atoms in total. The Labute approximate surface area is 110 Å². The van der Waals surface area contributed by atoms with Crippen molar-refractivity contribution in [2.45, 2.75) is 33.6 Å². The van der Waals surface area contributed by atoms with E-state index in [1.54, 1.807) is 0 Å². The summed E-state index contributed by atoms with van der Waals surface area (Å²) in [4.78, 5) is 14.1. The van der Waals surface area contributed by atoms with Gasteiger partial charge in [0, 0.05) is 5.69 Å². The fraction of sp³-hybridized carbons (Fsp3) is 0.533. The van der Waals surface area contributed by atoms with Crippen molar-refractivity contribution in [3.63, 3.8) is 0 Å². The minimum absolute atomic E-state index is 0.0619. The Morgan fingerprint density at radius 2 is 1.83 bits per heavy atom. The third kappa shape index (κ3) is 4.15. The molecule has 0 saturated carbocycles. The number of carbonyl (C=O) groups excluding carboxylic acids is 1. The van der Waals surface area contributed by atoms with Crippen molar-refractivity contribution >= 4 is 11.6 Å². The van der Waals surface area contributed by atoms with Crippen LogP contribution in [0.1, 0.15) is 39.2 Å². The Morgan fingerprint density at radius 3 is 2.39 bits per heavy atom. The first-order valence-electron chi connectivity index (χ1n) is 6.69. The highest BCUT2D eigenvalue weighted by Crippen LogP contribution is 2.23. The average molecular weight is 248 g/mol. The van der Waals surface area contributed by atoms with E-state index < -0.39 is 0 Å². The van der Waals surface area contributed by atoms with Crippen LogP contribution < -0.4 is 5.32 Å². The fourth-order valence-corrected chi connectivity index (χ4v) is 1.95. The lowest BCUT2D eigenvalue weighted by molar-refractivity contribution is -0.117. The molecule has 1 N–H and O–H groups in total. The zero-order valence-corrected chi connectivity index (χ0v) is 11.9. The van der Waals surface area contributed by atoms with Gasteiger partial charge in [-0.2, -0.15) is 0 Å². The van der Waals surface area contributed by atoms with Crippen LogP contribution in [0.5, 0.6) is 0 Å². The van der Waals surface area contributed by atoms with Gasteiger partial charge in [0.25, 0.3) is 0 Å². The van der Waals surface area contributed by atoms with Gasteiger partial charge in [-0.15, -0.1) is 0 Å². The number of amides is 1. The maximum absolute atomic E-state index is 12.0. The normalized spacial score (nSPS) is 11.0. The highest BCUT2D eigenvalue weighted by atomic mass is 16.2. The van der Waals surface area contributed by atoms with Crippen LogP contribution in [-0.2, 0) is 4.79 Å². The van der Waals surface area contributed by atoms with Crippen molar-refractivity contribution in [2.24, 2.45) is 0 Å². The molecule has 0 radical (unpaired) electrons. The lowest BCUT2D eigenvalue weighted by Gasteiger charge is -2.19. The molecule has 0 spiro atoms. The van der Waals surface area contributed by atoms with E-state index in [1.807, 2.05) is 18.2 Å². The highest BCUT2D eigenvalue weighted by Gasteiger charge is 2.11. The maximum atomic E-state index is 12.0. The molecule has 1 amide bonds. The van der Waals surface area contributed by atoms with Crippen LogP contribution in [0.4, 0.5) is 5.69 Å². The highest BCUT2D eigenvalue weighted by molar-refractivity contribution is 5.93. The van der Waals surface area contributed by atoms with Gasteiger partial charge >= 0.3 is 0 Å². The molecule has 0 unspecified atom stereocenters. The SMILES string of the molecule is CCN(CC)CC(=O)Nc1ccccc1C(C)C. The average Bonchev–Trinajstić information content (AvgIpc) is 2.36. The predicted molar refractivity (Wildman–Crippen MR) is 76.9 cm³/mol. The van der Waals surface area contributed by atoms with Crippen molar-refractivity contribution in [1.82, 2.24) is 4.90 Å². The zero-order valence-electron chi connectivity index (χ0n) is 11.9. The summed E-state index contributed by atoms with van der Waals surface area (Å²) < 4.78 is 0. The third-order valence-electron chi connectivity index (χ3n) is 3.12. The first kappa shape index (κ1) is 14.7. The maximum Gasteiger partial charge on any atom is 0.238 e. The number of anilines is 1. The summed E-state index contributed by atoms with van der Waals surface area (Å²) in [6.07, 6.45) is 0. The van der Waals surface area contributed by atoms with E-state index >= 15 is 0 Å². The third-order valence-corrected chi connectivity index (χ3v) is 3.12. The van der Waals surface area contributed by atoms with Crippen LogP contribution in [0.25, 0.3) is 0 Å². The van der Waals surface area contributed by atoms with E-state index in [0.717, 1.165) is 18.8 Å². The lowest BCUT2D eigenvalue weighted by Crippen LogP contribution is -2.33. The topological polar surface area (TPSA) is 32.3 Å². The standard InChI is InChI=1S/C15H24N2O/c1-5-17(6-2)11-15(18)16-14-10-8-7-9-13(14)12(3)4/h7-10,12H,5-6,11H2,1-4H3,(H,16,18). The summed E-state index contributed by atoms with van der Waals surface area (Å²) in [6, 6.07) is 8.00. The molecular formula is C15H24N2O. The molecule has 0 atom stereocenters. The largest absolute Gasteiger partial charge is 0.325 e. The van der Waals surface area contributed by atoms with Crippen molar-refractivity contribution < 1.29 is 4.79 Å². The van der Waals surface area contributed by atoms with E-state index in [0.29, 0.717) is 12.5 Å². The summed E-state index contributed by atoms with van der Waals surface area (Å²) in [5, 5.41) is 3.01. The summed E-state index contributed by atoms with van der Waals surface area (Å²) in [6.45, 7) is 10.7. The van der Waals surface area contributed by atoms with E-state index in [4.69, 9.17) is 0 Å². The number of para-hydroxylation sites is 1. The van der Waals surface area contributed by atoms with Crippen LogP contribution in [0.2, 0.25) is 0 Å². The summed E-state index contributed by atoms with van der Waals surface area (Å²) >= 11 is 0. The monoisotopic (exact) mass is 248 g/mol. The Morgan fingerprint density at radius 1 is 1.22 bits per heavy atom. The Kier molecular flexibility index (Phi) is 5.86. The van der Waals surface area contributed by atoms with E-state index in [9.17, 15) is 4.79 Å². The van der Waals surface area contributed by atoms with Crippen molar-refractivity contribution in [1.29, 1.82) is 0 Å². The second-order valence-electron chi connectivity index (χ2n) is 4.75. The summed E-state index contributed by atoms with van der Waals surface area (Å²) in [5.41, 5.74) is 2.12. The minimum atomic E-state index is 0.0619. The van der Waals surface area contributed by atoms with Gasteiger partial charge in [0.2, 0.25) is 5.91 Å². The van der Waals surface area contributed by atoms with Gasteiger partial charge in [-0.05, 0) is 30.6 Å². The van der Waals surface area contributed by atoms with Gasteiger partial charge in [-0.25, -0.2) is 0 Å². The van der Waals surface area contributed by atoms with E-state index in [2.05, 4.69) is 44.0 Å². The smallest absolute Gasteiger partial charge is 0.238 e. The molecule has 3 heteroatoms. The van der Waals surface area contributed by atoms with Gasteiger partial charge in [0.1, 0.15) is 0 Å². The second-order valence-corrected chi connectivity index (χ2v) is 4.75.